The molecule has 0 aromatic heterocycles. The van der Waals surface area contributed by atoms with Crippen LogP contribution in [0.3, 0.4) is 0 Å². The molecule has 0 amide bonds. The summed E-state index contributed by atoms with van der Waals surface area (Å²) in [7, 11) is 0. The summed E-state index contributed by atoms with van der Waals surface area (Å²) in [5, 5.41) is 3.74. The average Bonchev–Trinajstić information content (AvgIpc) is 3.14. The Balaban J connectivity index is 1.98. The molecular formula is C17H27N. The fraction of sp³-hybridized carbons (Fsp3) is 0.647. The number of hydrogen-bond acceptors (Lipinski definition) is 1. The van der Waals surface area contributed by atoms with Crippen LogP contribution in [0.15, 0.2) is 18.2 Å². The van der Waals surface area contributed by atoms with E-state index in [1.807, 2.05) is 0 Å². The third kappa shape index (κ3) is 4.13. The zero-order chi connectivity index (χ0) is 13.0. The second kappa shape index (κ2) is 6.38. The maximum absolute atomic E-state index is 3.74. The first-order valence-corrected chi connectivity index (χ1v) is 7.48. The summed E-state index contributed by atoms with van der Waals surface area (Å²) in [4.78, 5) is 0. The van der Waals surface area contributed by atoms with Crippen LogP contribution < -0.4 is 5.32 Å². The Bertz CT molecular complexity index is 379. The van der Waals surface area contributed by atoms with Crippen LogP contribution in [0, 0.1) is 19.8 Å². The summed E-state index contributed by atoms with van der Waals surface area (Å²) in [6, 6.07) is 7.52. The van der Waals surface area contributed by atoms with Crippen molar-refractivity contribution in [3.05, 3.63) is 34.9 Å². The highest BCUT2D eigenvalue weighted by Crippen LogP contribution is 2.34. The van der Waals surface area contributed by atoms with Crippen molar-refractivity contribution in [2.75, 3.05) is 6.54 Å². The van der Waals surface area contributed by atoms with E-state index in [-0.39, 0.29) is 0 Å². The Morgan fingerprint density at radius 2 is 2.06 bits per heavy atom. The zero-order valence-corrected chi connectivity index (χ0v) is 12.1. The van der Waals surface area contributed by atoms with Crippen molar-refractivity contribution in [1.29, 1.82) is 0 Å². The van der Waals surface area contributed by atoms with E-state index in [2.05, 4.69) is 44.3 Å². The summed E-state index contributed by atoms with van der Waals surface area (Å²) < 4.78 is 0. The highest BCUT2D eigenvalue weighted by molar-refractivity contribution is 5.31. The number of nitrogens with one attached hydrogen (secondary N) is 1. The van der Waals surface area contributed by atoms with Crippen LogP contribution in [0.4, 0.5) is 0 Å². The fourth-order valence-corrected chi connectivity index (χ4v) is 2.63. The molecule has 2 rings (SSSR count). The van der Waals surface area contributed by atoms with Crippen molar-refractivity contribution in [2.45, 2.75) is 58.9 Å². The number of benzene rings is 1. The van der Waals surface area contributed by atoms with Crippen molar-refractivity contribution in [3.8, 4) is 0 Å². The molecular weight excluding hydrogens is 218 g/mol. The van der Waals surface area contributed by atoms with E-state index in [1.54, 1.807) is 0 Å². The number of rotatable bonds is 7. The SMILES string of the molecule is CCCNC(Cc1cc(C)ccc1C)CC1CC1. The predicted molar refractivity (Wildman–Crippen MR) is 79.0 cm³/mol. The first kappa shape index (κ1) is 13.6. The van der Waals surface area contributed by atoms with Crippen LogP contribution in [0.2, 0.25) is 0 Å². The number of aryl methyl sites for hydroxylation is 2. The number of hydrogen-bond donors (Lipinski definition) is 1. The molecule has 0 bridgehead atoms. The average molecular weight is 245 g/mol. The molecule has 1 aliphatic carbocycles. The van der Waals surface area contributed by atoms with Gasteiger partial charge in [-0.25, -0.2) is 0 Å². The Morgan fingerprint density at radius 3 is 2.72 bits per heavy atom. The van der Waals surface area contributed by atoms with Crippen molar-refractivity contribution >= 4 is 0 Å². The van der Waals surface area contributed by atoms with Gasteiger partial charge in [0.05, 0.1) is 0 Å². The maximum atomic E-state index is 3.74. The lowest BCUT2D eigenvalue weighted by Crippen LogP contribution is -2.32. The molecule has 1 nitrogen and oxygen atoms in total. The van der Waals surface area contributed by atoms with E-state index in [1.165, 1.54) is 48.8 Å². The predicted octanol–water partition coefficient (Wildman–Crippen LogP) is 4.01. The maximum Gasteiger partial charge on any atom is 0.0110 e. The normalized spacial score (nSPS) is 16.8. The summed E-state index contributed by atoms with van der Waals surface area (Å²) >= 11 is 0. The molecule has 1 atom stereocenters. The van der Waals surface area contributed by atoms with Crippen LogP contribution in [0.25, 0.3) is 0 Å². The molecule has 1 N–H and O–H groups in total. The van der Waals surface area contributed by atoms with Gasteiger partial charge in [-0.15, -0.1) is 0 Å². The largest absolute Gasteiger partial charge is 0.314 e. The molecule has 1 heteroatoms. The van der Waals surface area contributed by atoms with Gasteiger partial charge in [0.2, 0.25) is 0 Å². The van der Waals surface area contributed by atoms with Gasteiger partial charge in [-0.1, -0.05) is 43.5 Å². The zero-order valence-electron chi connectivity index (χ0n) is 12.1. The highest BCUT2D eigenvalue weighted by Gasteiger charge is 2.25. The first-order valence-electron chi connectivity index (χ1n) is 7.48. The van der Waals surface area contributed by atoms with Gasteiger partial charge in [-0.2, -0.15) is 0 Å². The first-order chi connectivity index (χ1) is 8.69. The molecule has 18 heavy (non-hydrogen) atoms. The molecule has 0 radical (unpaired) electrons. The van der Waals surface area contributed by atoms with Crippen molar-refractivity contribution in [1.82, 2.24) is 5.32 Å². The summed E-state index contributed by atoms with van der Waals surface area (Å²) in [5.74, 6) is 1.00. The minimum atomic E-state index is 0.679. The van der Waals surface area contributed by atoms with Gasteiger partial charge < -0.3 is 5.32 Å². The third-order valence-corrected chi connectivity index (χ3v) is 3.97. The van der Waals surface area contributed by atoms with Gasteiger partial charge in [-0.3, -0.25) is 0 Å². The van der Waals surface area contributed by atoms with Crippen LogP contribution in [-0.4, -0.2) is 12.6 Å². The van der Waals surface area contributed by atoms with Crippen LogP contribution >= 0.6 is 0 Å². The Morgan fingerprint density at radius 1 is 1.28 bits per heavy atom. The quantitative estimate of drug-likeness (QED) is 0.765. The molecule has 1 unspecified atom stereocenters. The summed E-state index contributed by atoms with van der Waals surface area (Å²) in [6.45, 7) is 7.84. The van der Waals surface area contributed by atoms with Crippen molar-refractivity contribution in [2.24, 2.45) is 5.92 Å². The molecule has 0 heterocycles. The van der Waals surface area contributed by atoms with Crippen LogP contribution in [0.5, 0.6) is 0 Å². The molecule has 1 aliphatic rings. The van der Waals surface area contributed by atoms with E-state index in [9.17, 15) is 0 Å². The molecule has 0 aliphatic heterocycles. The lowest BCUT2D eigenvalue weighted by molar-refractivity contribution is 0.454. The van der Waals surface area contributed by atoms with Crippen molar-refractivity contribution in [3.63, 3.8) is 0 Å². The van der Waals surface area contributed by atoms with Gasteiger partial charge in [-0.05, 0) is 56.7 Å². The van der Waals surface area contributed by atoms with E-state index in [4.69, 9.17) is 0 Å². The highest BCUT2D eigenvalue weighted by atomic mass is 14.9. The topological polar surface area (TPSA) is 12.0 Å². The van der Waals surface area contributed by atoms with Gasteiger partial charge in [0.1, 0.15) is 0 Å². The van der Waals surface area contributed by atoms with Crippen LogP contribution in [0.1, 0.15) is 49.3 Å². The summed E-state index contributed by atoms with van der Waals surface area (Å²) in [5.41, 5.74) is 4.36. The molecule has 1 saturated carbocycles. The third-order valence-electron chi connectivity index (χ3n) is 3.97. The van der Waals surface area contributed by atoms with E-state index in [0.29, 0.717) is 6.04 Å². The Hall–Kier alpha value is -0.820. The lowest BCUT2D eigenvalue weighted by atomic mass is 9.96. The van der Waals surface area contributed by atoms with Crippen molar-refractivity contribution < 1.29 is 0 Å². The monoisotopic (exact) mass is 245 g/mol. The Labute approximate surface area is 112 Å². The minimum Gasteiger partial charge on any atom is -0.314 e. The minimum absolute atomic E-state index is 0.679. The van der Waals surface area contributed by atoms with E-state index in [0.717, 1.165) is 12.5 Å². The second-order valence-electron chi connectivity index (χ2n) is 5.96. The van der Waals surface area contributed by atoms with Gasteiger partial charge in [0, 0.05) is 6.04 Å². The molecule has 1 aromatic rings. The van der Waals surface area contributed by atoms with E-state index < -0.39 is 0 Å². The lowest BCUT2D eigenvalue weighted by Gasteiger charge is -2.20. The standard InChI is InChI=1S/C17H27N/c1-4-9-18-17(11-15-7-8-15)12-16-10-13(2)5-6-14(16)3/h5-6,10,15,17-18H,4,7-9,11-12H2,1-3H3. The smallest absolute Gasteiger partial charge is 0.0110 e. The van der Waals surface area contributed by atoms with Gasteiger partial charge in [0.25, 0.3) is 0 Å². The molecule has 0 spiro atoms. The molecule has 1 aromatic carbocycles. The van der Waals surface area contributed by atoms with E-state index >= 15 is 0 Å². The van der Waals surface area contributed by atoms with Crippen LogP contribution in [-0.2, 0) is 6.42 Å². The fourth-order valence-electron chi connectivity index (χ4n) is 2.63. The molecule has 100 valence electrons. The van der Waals surface area contributed by atoms with Gasteiger partial charge in [0.15, 0.2) is 0 Å². The van der Waals surface area contributed by atoms with Gasteiger partial charge >= 0.3 is 0 Å². The second-order valence-corrected chi connectivity index (χ2v) is 5.96. The summed E-state index contributed by atoms with van der Waals surface area (Å²) in [6.07, 6.45) is 6.71. The molecule has 1 fully saturated rings. The molecule has 0 saturated heterocycles. The Kier molecular flexibility index (Phi) is 4.82.